The Bertz CT molecular complexity index is 659. The molecule has 0 unspecified atom stereocenters. The van der Waals surface area contributed by atoms with E-state index in [-0.39, 0.29) is 11.9 Å². The summed E-state index contributed by atoms with van der Waals surface area (Å²) in [7, 11) is 0. The molecule has 0 saturated heterocycles. The lowest BCUT2D eigenvalue weighted by Gasteiger charge is -2.05. The standard InChI is InChI=1S/C16H17NO3S/c1-4-12-9-15(21-10(12)2)16(19)20-14-7-5-13(6-8-14)17-11(3)18/h5-9H,4H2,1-3H3,(H,17,18). The fourth-order valence-electron chi connectivity index (χ4n) is 1.94. The van der Waals surface area contributed by atoms with Gasteiger partial charge in [0.15, 0.2) is 0 Å². The number of esters is 1. The highest BCUT2D eigenvalue weighted by atomic mass is 32.1. The summed E-state index contributed by atoms with van der Waals surface area (Å²) >= 11 is 1.45. The lowest BCUT2D eigenvalue weighted by Crippen LogP contribution is -2.07. The summed E-state index contributed by atoms with van der Waals surface area (Å²) in [5.41, 5.74) is 1.84. The van der Waals surface area contributed by atoms with Crippen molar-refractivity contribution in [2.24, 2.45) is 0 Å². The van der Waals surface area contributed by atoms with Crippen LogP contribution in [0.15, 0.2) is 30.3 Å². The summed E-state index contributed by atoms with van der Waals surface area (Å²) in [6, 6.07) is 8.59. The van der Waals surface area contributed by atoms with Gasteiger partial charge in [-0.05, 0) is 49.2 Å². The van der Waals surface area contributed by atoms with Gasteiger partial charge in [-0.3, -0.25) is 4.79 Å². The van der Waals surface area contributed by atoms with Crippen molar-refractivity contribution in [3.05, 3.63) is 45.6 Å². The Morgan fingerprint density at radius 1 is 1.24 bits per heavy atom. The van der Waals surface area contributed by atoms with E-state index < -0.39 is 0 Å². The number of benzene rings is 1. The van der Waals surface area contributed by atoms with Gasteiger partial charge in [-0.15, -0.1) is 11.3 Å². The van der Waals surface area contributed by atoms with E-state index in [1.807, 2.05) is 13.0 Å². The number of amides is 1. The largest absolute Gasteiger partial charge is 0.422 e. The van der Waals surface area contributed by atoms with Crippen LogP contribution in [0.1, 0.15) is 34.0 Å². The summed E-state index contributed by atoms with van der Waals surface area (Å²) in [5, 5.41) is 2.66. The van der Waals surface area contributed by atoms with Crippen LogP contribution in [0.5, 0.6) is 5.75 Å². The van der Waals surface area contributed by atoms with Crippen LogP contribution in [0, 0.1) is 6.92 Å². The SMILES string of the molecule is CCc1cc(C(=O)Oc2ccc(NC(C)=O)cc2)sc1C. The second-order valence-corrected chi connectivity index (χ2v) is 5.90. The fraction of sp³-hybridized carbons (Fsp3) is 0.250. The third kappa shape index (κ3) is 3.92. The predicted molar refractivity (Wildman–Crippen MR) is 84.1 cm³/mol. The van der Waals surface area contributed by atoms with E-state index in [1.54, 1.807) is 24.3 Å². The molecule has 1 N–H and O–H groups in total. The number of nitrogens with one attached hydrogen (secondary N) is 1. The van der Waals surface area contributed by atoms with E-state index in [0.29, 0.717) is 16.3 Å². The van der Waals surface area contributed by atoms with Gasteiger partial charge < -0.3 is 10.1 Å². The molecule has 5 heteroatoms. The highest BCUT2D eigenvalue weighted by molar-refractivity contribution is 7.14. The molecule has 0 saturated carbocycles. The Morgan fingerprint density at radius 3 is 2.43 bits per heavy atom. The number of aryl methyl sites for hydroxylation is 2. The van der Waals surface area contributed by atoms with Gasteiger partial charge in [0.2, 0.25) is 5.91 Å². The number of thiophene rings is 1. The molecular formula is C16H17NO3S. The molecule has 2 aromatic rings. The molecule has 4 nitrogen and oxygen atoms in total. The Balaban J connectivity index is 2.06. The summed E-state index contributed by atoms with van der Waals surface area (Å²) in [6.45, 7) is 5.51. The molecule has 0 aliphatic heterocycles. The maximum Gasteiger partial charge on any atom is 0.353 e. The van der Waals surface area contributed by atoms with E-state index in [9.17, 15) is 9.59 Å². The minimum atomic E-state index is -0.352. The average molecular weight is 303 g/mol. The van der Waals surface area contributed by atoms with Crippen molar-refractivity contribution in [1.29, 1.82) is 0 Å². The van der Waals surface area contributed by atoms with Crippen molar-refractivity contribution in [3.8, 4) is 5.75 Å². The summed E-state index contributed by atoms with van der Waals surface area (Å²) < 4.78 is 5.33. The predicted octanol–water partition coefficient (Wildman–Crippen LogP) is 3.80. The van der Waals surface area contributed by atoms with Crippen molar-refractivity contribution in [1.82, 2.24) is 0 Å². The van der Waals surface area contributed by atoms with Gasteiger partial charge in [0.05, 0.1) is 0 Å². The lowest BCUT2D eigenvalue weighted by atomic mass is 10.2. The molecular weight excluding hydrogens is 286 g/mol. The first-order chi connectivity index (χ1) is 9.99. The normalized spacial score (nSPS) is 10.2. The van der Waals surface area contributed by atoms with E-state index in [2.05, 4.69) is 12.2 Å². The van der Waals surface area contributed by atoms with Gasteiger partial charge >= 0.3 is 5.97 Å². The molecule has 0 atom stereocenters. The van der Waals surface area contributed by atoms with Gasteiger partial charge in [-0.1, -0.05) is 6.92 Å². The molecule has 21 heavy (non-hydrogen) atoms. The van der Waals surface area contributed by atoms with Crippen molar-refractivity contribution < 1.29 is 14.3 Å². The van der Waals surface area contributed by atoms with Crippen molar-refractivity contribution >= 4 is 28.9 Å². The third-order valence-corrected chi connectivity index (χ3v) is 4.06. The molecule has 0 spiro atoms. The number of hydrogen-bond acceptors (Lipinski definition) is 4. The molecule has 0 aliphatic rings. The highest BCUT2D eigenvalue weighted by Gasteiger charge is 2.13. The first-order valence-corrected chi connectivity index (χ1v) is 7.50. The zero-order valence-corrected chi connectivity index (χ0v) is 13.0. The van der Waals surface area contributed by atoms with Crippen LogP contribution in [-0.4, -0.2) is 11.9 Å². The Hall–Kier alpha value is -2.14. The number of ether oxygens (including phenoxy) is 1. The number of rotatable bonds is 4. The topological polar surface area (TPSA) is 55.4 Å². The van der Waals surface area contributed by atoms with E-state index >= 15 is 0 Å². The Labute approximate surface area is 127 Å². The maximum absolute atomic E-state index is 12.1. The molecule has 1 aromatic carbocycles. The summed E-state index contributed by atoms with van der Waals surface area (Å²) in [4.78, 5) is 24.8. The molecule has 0 bridgehead atoms. The minimum Gasteiger partial charge on any atom is -0.422 e. The van der Waals surface area contributed by atoms with Crippen LogP contribution in [0.2, 0.25) is 0 Å². The zero-order chi connectivity index (χ0) is 15.4. The second-order valence-electron chi connectivity index (χ2n) is 4.64. The molecule has 0 radical (unpaired) electrons. The van der Waals surface area contributed by atoms with E-state index in [4.69, 9.17) is 4.74 Å². The zero-order valence-electron chi connectivity index (χ0n) is 12.2. The molecule has 1 aromatic heterocycles. The van der Waals surface area contributed by atoms with Crippen LogP contribution in [-0.2, 0) is 11.2 Å². The molecule has 110 valence electrons. The smallest absolute Gasteiger partial charge is 0.353 e. The average Bonchev–Trinajstić information content (AvgIpc) is 2.82. The van der Waals surface area contributed by atoms with Gasteiger partial charge in [-0.2, -0.15) is 0 Å². The van der Waals surface area contributed by atoms with Gasteiger partial charge in [0, 0.05) is 17.5 Å². The molecule has 1 heterocycles. The minimum absolute atomic E-state index is 0.138. The van der Waals surface area contributed by atoms with Gasteiger partial charge in [0.25, 0.3) is 0 Å². The third-order valence-electron chi connectivity index (χ3n) is 2.99. The maximum atomic E-state index is 12.1. The Kier molecular flexibility index (Phi) is 4.75. The van der Waals surface area contributed by atoms with Gasteiger partial charge in [0.1, 0.15) is 10.6 Å². The van der Waals surface area contributed by atoms with Crippen LogP contribution in [0.4, 0.5) is 5.69 Å². The fourth-order valence-corrected chi connectivity index (χ4v) is 2.93. The quantitative estimate of drug-likeness (QED) is 0.690. The lowest BCUT2D eigenvalue weighted by molar-refractivity contribution is -0.114. The van der Waals surface area contributed by atoms with Crippen LogP contribution >= 0.6 is 11.3 Å². The van der Waals surface area contributed by atoms with Crippen LogP contribution in [0.3, 0.4) is 0 Å². The van der Waals surface area contributed by atoms with E-state index in [0.717, 1.165) is 11.3 Å². The number of carbonyl (C=O) groups is 2. The summed E-state index contributed by atoms with van der Waals surface area (Å²) in [6.07, 6.45) is 0.904. The first-order valence-electron chi connectivity index (χ1n) is 6.68. The van der Waals surface area contributed by atoms with Crippen molar-refractivity contribution in [2.75, 3.05) is 5.32 Å². The van der Waals surface area contributed by atoms with E-state index in [1.165, 1.54) is 23.8 Å². The van der Waals surface area contributed by atoms with Crippen LogP contribution < -0.4 is 10.1 Å². The molecule has 0 aliphatic carbocycles. The van der Waals surface area contributed by atoms with Crippen LogP contribution in [0.25, 0.3) is 0 Å². The summed E-state index contributed by atoms with van der Waals surface area (Å²) in [5.74, 6) is -0.0332. The second kappa shape index (κ2) is 6.54. The van der Waals surface area contributed by atoms with Crippen molar-refractivity contribution in [3.63, 3.8) is 0 Å². The van der Waals surface area contributed by atoms with Gasteiger partial charge in [-0.25, -0.2) is 4.79 Å². The molecule has 2 rings (SSSR count). The number of carbonyl (C=O) groups excluding carboxylic acids is 2. The first kappa shape index (κ1) is 15.3. The van der Waals surface area contributed by atoms with Crippen molar-refractivity contribution in [2.45, 2.75) is 27.2 Å². The monoisotopic (exact) mass is 303 g/mol. The number of anilines is 1. The molecule has 1 amide bonds. The molecule has 0 fully saturated rings. The number of hydrogen-bond donors (Lipinski definition) is 1. The Morgan fingerprint density at radius 2 is 1.90 bits per heavy atom. The highest BCUT2D eigenvalue weighted by Crippen LogP contribution is 2.24.